The Hall–Kier alpha value is -1.26. The third kappa shape index (κ3) is 4.35. The molecule has 0 aromatic heterocycles. The molecular formula is C17H18BrF2N. The predicted octanol–water partition coefficient (Wildman–Crippen LogP) is 5.01. The van der Waals surface area contributed by atoms with E-state index in [1.165, 1.54) is 12.1 Å². The summed E-state index contributed by atoms with van der Waals surface area (Å²) >= 11 is 3.25. The zero-order valence-corrected chi connectivity index (χ0v) is 13.5. The molecule has 0 saturated carbocycles. The van der Waals surface area contributed by atoms with Crippen LogP contribution in [0.1, 0.15) is 30.5 Å². The molecule has 21 heavy (non-hydrogen) atoms. The lowest BCUT2D eigenvalue weighted by Gasteiger charge is -2.20. The van der Waals surface area contributed by atoms with Crippen LogP contribution in [0.2, 0.25) is 0 Å². The van der Waals surface area contributed by atoms with Crippen molar-refractivity contribution in [3.8, 4) is 0 Å². The number of benzene rings is 2. The average Bonchev–Trinajstić information content (AvgIpc) is 2.46. The van der Waals surface area contributed by atoms with Crippen molar-refractivity contribution in [2.45, 2.75) is 25.8 Å². The van der Waals surface area contributed by atoms with Gasteiger partial charge in [-0.2, -0.15) is 0 Å². The van der Waals surface area contributed by atoms with Gasteiger partial charge in [0.05, 0.1) is 0 Å². The van der Waals surface area contributed by atoms with Gasteiger partial charge in [0.1, 0.15) is 11.6 Å². The minimum absolute atomic E-state index is 0.234. The highest BCUT2D eigenvalue weighted by atomic mass is 79.9. The van der Waals surface area contributed by atoms with Crippen LogP contribution in [0.5, 0.6) is 0 Å². The van der Waals surface area contributed by atoms with E-state index in [0.29, 0.717) is 22.0 Å². The van der Waals surface area contributed by atoms with Crippen LogP contribution in [0.25, 0.3) is 0 Å². The Morgan fingerprint density at radius 2 is 1.86 bits per heavy atom. The van der Waals surface area contributed by atoms with Gasteiger partial charge in [-0.3, -0.25) is 0 Å². The normalized spacial score (nSPS) is 12.4. The number of halogens is 3. The van der Waals surface area contributed by atoms with Crippen LogP contribution >= 0.6 is 15.9 Å². The van der Waals surface area contributed by atoms with Crippen LogP contribution < -0.4 is 5.32 Å². The smallest absolute Gasteiger partial charge is 0.127 e. The highest BCUT2D eigenvalue weighted by Crippen LogP contribution is 2.24. The van der Waals surface area contributed by atoms with Crippen molar-refractivity contribution < 1.29 is 8.78 Å². The van der Waals surface area contributed by atoms with E-state index in [2.05, 4.69) is 21.2 Å². The van der Waals surface area contributed by atoms with E-state index >= 15 is 0 Å². The maximum Gasteiger partial charge on any atom is 0.127 e. The van der Waals surface area contributed by atoms with Gasteiger partial charge in [0.15, 0.2) is 0 Å². The molecule has 0 heterocycles. The first-order valence-corrected chi connectivity index (χ1v) is 7.83. The second-order valence-corrected chi connectivity index (χ2v) is 5.88. The van der Waals surface area contributed by atoms with E-state index < -0.39 is 0 Å². The molecule has 0 aliphatic rings. The molecule has 1 N–H and O–H groups in total. The van der Waals surface area contributed by atoms with Crippen LogP contribution in [-0.2, 0) is 6.42 Å². The van der Waals surface area contributed by atoms with Gasteiger partial charge in [-0.05, 0) is 43.1 Å². The Bertz CT molecular complexity index is 601. The summed E-state index contributed by atoms with van der Waals surface area (Å²) in [5, 5.41) is 3.30. The van der Waals surface area contributed by atoms with Crippen molar-refractivity contribution in [3.05, 3.63) is 69.7 Å². The maximum atomic E-state index is 14.0. The monoisotopic (exact) mass is 353 g/mol. The van der Waals surface area contributed by atoms with Gasteiger partial charge in [-0.25, -0.2) is 8.78 Å². The first kappa shape index (κ1) is 16.1. The SMILES string of the molecule is CCCNC(Cc1ccc(Br)cc1F)c1ccccc1F. The molecule has 2 aromatic rings. The Morgan fingerprint density at radius 3 is 2.52 bits per heavy atom. The summed E-state index contributed by atoms with van der Waals surface area (Å²) in [5.41, 5.74) is 1.16. The number of rotatable bonds is 6. The van der Waals surface area contributed by atoms with Gasteiger partial charge in [-0.1, -0.05) is 47.1 Å². The largest absolute Gasteiger partial charge is 0.310 e. The number of hydrogen-bond acceptors (Lipinski definition) is 1. The highest BCUT2D eigenvalue weighted by Gasteiger charge is 2.17. The molecule has 0 spiro atoms. The van der Waals surface area contributed by atoms with Gasteiger partial charge in [0.2, 0.25) is 0 Å². The van der Waals surface area contributed by atoms with Gasteiger partial charge in [0, 0.05) is 16.1 Å². The van der Waals surface area contributed by atoms with E-state index in [4.69, 9.17) is 0 Å². The summed E-state index contributed by atoms with van der Waals surface area (Å²) in [6.45, 7) is 2.81. The molecule has 0 amide bonds. The zero-order valence-electron chi connectivity index (χ0n) is 11.9. The predicted molar refractivity (Wildman–Crippen MR) is 85.2 cm³/mol. The molecule has 0 saturated heterocycles. The van der Waals surface area contributed by atoms with E-state index in [9.17, 15) is 8.78 Å². The summed E-state index contributed by atoms with van der Waals surface area (Å²) in [5.74, 6) is -0.535. The summed E-state index contributed by atoms with van der Waals surface area (Å²) in [6.07, 6.45) is 1.35. The molecule has 0 fully saturated rings. The fraction of sp³-hybridized carbons (Fsp3) is 0.294. The second kappa shape index (κ2) is 7.66. The van der Waals surface area contributed by atoms with Crippen LogP contribution in [-0.4, -0.2) is 6.54 Å². The molecular weight excluding hydrogens is 336 g/mol. The molecule has 0 bridgehead atoms. The van der Waals surface area contributed by atoms with Crippen molar-refractivity contribution in [2.75, 3.05) is 6.54 Å². The Morgan fingerprint density at radius 1 is 1.10 bits per heavy atom. The maximum absolute atomic E-state index is 14.0. The van der Waals surface area contributed by atoms with Crippen molar-refractivity contribution >= 4 is 15.9 Å². The fourth-order valence-electron chi connectivity index (χ4n) is 2.28. The summed E-state index contributed by atoms with van der Waals surface area (Å²) in [6, 6.07) is 11.4. The number of hydrogen-bond donors (Lipinski definition) is 1. The molecule has 1 atom stereocenters. The third-order valence-corrected chi connectivity index (χ3v) is 3.85. The van der Waals surface area contributed by atoms with E-state index in [1.807, 2.05) is 6.92 Å². The van der Waals surface area contributed by atoms with Crippen molar-refractivity contribution in [2.24, 2.45) is 0 Å². The Kier molecular flexibility index (Phi) is 5.88. The summed E-state index contributed by atoms with van der Waals surface area (Å²) < 4.78 is 28.7. The van der Waals surface area contributed by atoms with Crippen molar-refractivity contribution in [3.63, 3.8) is 0 Å². The van der Waals surface area contributed by atoms with Crippen molar-refractivity contribution in [1.29, 1.82) is 0 Å². The molecule has 1 nitrogen and oxygen atoms in total. The van der Waals surface area contributed by atoms with Gasteiger partial charge in [-0.15, -0.1) is 0 Å². The van der Waals surface area contributed by atoms with Crippen LogP contribution in [0.3, 0.4) is 0 Å². The lowest BCUT2D eigenvalue weighted by Crippen LogP contribution is -2.25. The molecule has 2 rings (SSSR count). The summed E-state index contributed by atoms with van der Waals surface area (Å²) in [4.78, 5) is 0. The topological polar surface area (TPSA) is 12.0 Å². The summed E-state index contributed by atoms with van der Waals surface area (Å²) in [7, 11) is 0. The van der Waals surface area contributed by atoms with E-state index in [-0.39, 0.29) is 17.7 Å². The van der Waals surface area contributed by atoms with Crippen LogP contribution in [0, 0.1) is 11.6 Å². The Balaban J connectivity index is 2.26. The average molecular weight is 354 g/mol. The van der Waals surface area contributed by atoms with Gasteiger partial charge >= 0.3 is 0 Å². The van der Waals surface area contributed by atoms with Gasteiger partial charge < -0.3 is 5.32 Å². The fourth-order valence-corrected chi connectivity index (χ4v) is 2.61. The van der Waals surface area contributed by atoms with Crippen LogP contribution in [0.15, 0.2) is 46.9 Å². The highest BCUT2D eigenvalue weighted by molar-refractivity contribution is 9.10. The van der Waals surface area contributed by atoms with Gasteiger partial charge in [0.25, 0.3) is 0 Å². The molecule has 1 unspecified atom stereocenters. The quantitative estimate of drug-likeness (QED) is 0.769. The first-order valence-electron chi connectivity index (χ1n) is 7.03. The minimum atomic E-state index is -0.274. The molecule has 0 aliphatic carbocycles. The standard InChI is InChI=1S/C17H18BrF2N/c1-2-9-21-17(14-5-3-4-6-15(14)19)10-12-7-8-13(18)11-16(12)20/h3-8,11,17,21H,2,9-10H2,1H3. The van der Waals surface area contributed by atoms with Crippen LogP contribution in [0.4, 0.5) is 8.78 Å². The van der Waals surface area contributed by atoms with E-state index in [0.717, 1.165) is 13.0 Å². The Labute approximate surface area is 132 Å². The molecule has 112 valence electrons. The molecule has 0 aliphatic heterocycles. The third-order valence-electron chi connectivity index (χ3n) is 3.36. The molecule has 2 aromatic carbocycles. The first-order chi connectivity index (χ1) is 10.1. The lowest BCUT2D eigenvalue weighted by atomic mass is 9.98. The molecule has 0 radical (unpaired) electrons. The second-order valence-electron chi connectivity index (χ2n) is 4.97. The number of nitrogens with one attached hydrogen (secondary N) is 1. The lowest BCUT2D eigenvalue weighted by molar-refractivity contribution is 0.487. The van der Waals surface area contributed by atoms with E-state index in [1.54, 1.807) is 30.3 Å². The minimum Gasteiger partial charge on any atom is -0.310 e. The molecule has 4 heteroatoms. The van der Waals surface area contributed by atoms with Crippen molar-refractivity contribution in [1.82, 2.24) is 5.32 Å². The zero-order chi connectivity index (χ0) is 15.2.